The lowest BCUT2D eigenvalue weighted by atomic mass is 9.97. The summed E-state index contributed by atoms with van der Waals surface area (Å²) in [6.45, 7) is 2.25. The first-order valence-electron chi connectivity index (χ1n) is 16.8. The van der Waals surface area contributed by atoms with E-state index in [2.05, 4.69) is 181 Å². The highest BCUT2D eigenvalue weighted by molar-refractivity contribution is 6.14. The molecule has 0 amide bonds. The summed E-state index contributed by atoms with van der Waals surface area (Å²) >= 11 is 3.01. The van der Waals surface area contributed by atoms with E-state index in [1.165, 1.54) is 19.3 Å². The molecule has 2 radical (unpaired) electrons. The lowest BCUT2D eigenvalue weighted by Gasteiger charge is -2.37. The van der Waals surface area contributed by atoms with Crippen LogP contribution < -0.4 is 9.47 Å². The van der Waals surface area contributed by atoms with E-state index < -0.39 is 4.65 Å². The minimum absolute atomic E-state index is 0.704. The maximum Gasteiger partial charge on any atom is 0.272 e. The van der Waals surface area contributed by atoms with E-state index in [0.717, 1.165) is 68.8 Å². The van der Waals surface area contributed by atoms with E-state index >= 15 is 0 Å². The fourth-order valence-electron chi connectivity index (χ4n) is 6.12. The molecule has 6 rings (SSSR count). The molecular formula is C44H41AlO2. The highest BCUT2D eigenvalue weighted by Gasteiger charge is 2.31. The van der Waals surface area contributed by atoms with Gasteiger partial charge in [0, 0.05) is 28.7 Å². The topological polar surface area (TPSA) is 18.5 Å². The van der Waals surface area contributed by atoms with Gasteiger partial charge in [-0.1, -0.05) is 190 Å². The van der Waals surface area contributed by atoms with Gasteiger partial charge in [0.15, 0.2) is 0 Å². The molecule has 232 valence electrons. The Hall–Kier alpha value is -4.55. The Kier molecular flexibility index (Phi) is 10.9. The van der Waals surface area contributed by atoms with Crippen molar-refractivity contribution in [3.8, 4) is 56.0 Å². The van der Waals surface area contributed by atoms with Crippen LogP contribution in [0, 0.1) is 0 Å². The van der Waals surface area contributed by atoms with Crippen molar-refractivity contribution in [2.24, 2.45) is 0 Å². The zero-order valence-corrected chi connectivity index (χ0v) is 28.3. The van der Waals surface area contributed by atoms with Crippen LogP contribution >= 0.6 is 0 Å². The average molecular weight is 629 g/mol. The quantitative estimate of drug-likeness (QED) is 0.0679. The summed E-state index contributed by atoms with van der Waals surface area (Å²) < 4.78 is 13.6. The molecule has 47 heavy (non-hydrogen) atoms. The molecule has 0 atom stereocenters. The molecule has 0 heterocycles. The van der Waals surface area contributed by atoms with E-state index in [4.69, 9.17) is 9.47 Å². The summed E-state index contributed by atoms with van der Waals surface area (Å²) in [7, 11) is 0. The molecule has 0 N–H and O–H groups in total. The van der Waals surface area contributed by atoms with Gasteiger partial charge in [-0.05, 0) is 28.7 Å². The molecule has 0 aliphatic rings. The van der Waals surface area contributed by atoms with Gasteiger partial charge in [0.05, 0.1) is 0 Å². The predicted molar refractivity (Wildman–Crippen MR) is 198 cm³/mol. The summed E-state index contributed by atoms with van der Waals surface area (Å²) in [4.78, 5) is 0. The summed E-state index contributed by atoms with van der Waals surface area (Å²) in [6.07, 6.45) is 6.43. The van der Waals surface area contributed by atoms with Crippen molar-refractivity contribution in [2.45, 2.75) is 50.1 Å². The largest absolute Gasteiger partial charge is 0.470 e. The molecule has 0 aliphatic carbocycles. The maximum atomic E-state index is 7.31. The highest BCUT2D eigenvalue weighted by Crippen LogP contribution is 2.45. The SMILES string of the molecule is CCCCCCC[C]([Al])(Oc1c(-c2ccccc2)cccc1-c1ccccc1)Oc1c(-c2ccccc2)cccc1-c1ccccc1. The number of benzene rings is 6. The van der Waals surface area contributed by atoms with Crippen LogP contribution in [-0.4, -0.2) is 20.9 Å². The molecule has 0 saturated heterocycles. The van der Waals surface area contributed by atoms with Gasteiger partial charge in [-0.3, -0.25) is 0 Å². The molecule has 0 unspecified atom stereocenters. The number of hydrogen-bond donors (Lipinski definition) is 0. The van der Waals surface area contributed by atoms with E-state index in [-0.39, 0.29) is 0 Å². The van der Waals surface area contributed by atoms with Crippen molar-refractivity contribution in [3.63, 3.8) is 0 Å². The van der Waals surface area contributed by atoms with Gasteiger partial charge in [0.25, 0.3) is 16.3 Å². The van der Waals surface area contributed by atoms with Crippen LogP contribution in [0.1, 0.15) is 45.4 Å². The molecule has 0 spiro atoms. The lowest BCUT2D eigenvalue weighted by molar-refractivity contribution is -0.0447. The molecule has 0 aromatic heterocycles. The van der Waals surface area contributed by atoms with E-state index in [1.54, 1.807) is 0 Å². The van der Waals surface area contributed by atoms with Gasteiger partial charge < -0.3 is 9.47 Å². The third kappa shape index (κ3) is 8.06. The smallest absolute Gasteiger partial charge is 0.272 e. The summed E-state index contributed by atoms with van der Waals surface area (Å²) in [6, 6.07) is 54.8. The van der Waals surface area contributed by atoms with Crippen molar-refractivity contribution in [1.29, 1.82) is 0 Å². The third-order valence-corrected chi connectivity index (χ3v) is 9.07. The van der Waals surface area contributed by atoms with Crippen molar-refractivity contribution >= 4 is 16.3 Å². The Balaban J connectivity index is 1.50. The molecule has 0 fully saturated rings. The van der Waals surface area contributed by atoms with E-state index in [0.29, 0.717) is 6.42 Å². The van der Waals surface area contributed by atoms with Gasteiger partial charge in [0.1, 0.15) is 16.1 Å². The minimum Gasteiger partial charge on any atom is -0.470 e. The average Bonchev–Trinajstić information content (AvgIpc) is 3.13. The Labute approximate surface area is 288 Å². The molecule has 0 aliphatic heterocycles. The maximum absolute atomic E-state index is 7.31. The Bertz CT molecular complexity index is 1590. The van der Waals surface area contributed by atoms with Crippen molar-refractivity contribution in [3.05, 3.63) is 158 Å². The number of ether oxygens (including phenoxy) is 2. The van der Waals surface area contributed by atoms with E-state index in [1.807, 2.05) is 0 Å². The van der Waals surface area contributed by atoms with Gasteiger partial charge in [-0.2, -0.15) is 0 Å². The van der Waals surface area contributed by atoms with Crippen LogP contribution in [0.15, 0.2) is 158 Å². The number of rotatable bonds is 14. The number of unbranched alkanes of at least 4 members (excludes halogenated alkanes) is 4. The molecule has 0 saturated carbocycles. The van der Waals surface area contributed by atoms with Crippen LogP contribution in [0.4, 0.5) is 0 Å². The second-order valence-corrected chi connectivity index (χ2v) is 12.9. The molecule has 0 bridgehead atoms. The van der Waals surface area contributed by atoms with Gasteiger partial charge in [-0.25, -0.2) is 0 Å². The van der Waals surface area contributed by atoms with Gasteiger partial charge in [-0.15, -0.1) is 0 Å². The lowest BCUT2D eigenvalue weighted by Crippen LogP contribution is -2.43. The molecule has 6 aromatic rings. The first kappa shape index (κ1) is 32.4. The summed E-state index contributed by atoms with van der Waals surface area (Å²) in [5.41, 5.74) is 8.55. The van der Waals surface area contributed by atoms with Gasteiger partial charge in [0.2, 0.25) is 0 Å². The van der Waals surface area contributed by atoms with Crippen molar-refractivity contribution < 1.29 is 9.47 Å². The second-order valence-electron chi connectivity index (χ2n) is 12.0. The van der Waals surface area contributed by atoms with Crippen LogP contribution in [-0.2, 0) is 0 Å². The third-order valence-electron chi connectivity index (χ3n) is 8.55. The van der Waals surface area contributed by atoms with Crippen LogP contribution in [0.3, 0.4) is 0 Å². The molecule has 3 heteroatoms. The van der Waals surface area contributed by atoms with Crippen LogP contribution in [0.25, 0.3) is 44.5 Å². The molecular weight excluding hydrogens is 587 g/mol. The van der Waals surface area contributed by atoms with Crippen LogP contribution in [0.5, 0.6) is 11.5 Å². The van der Waals surface area contributed by atoms with Crippen molar-refractivity contribution in [2.75, 3.05) is 0 Å². The molecule has 6 aromatic carbocycles. The summed E-state index contributed by atoms with van der Waals surface area (Å²) in [5, 5.41) is 0. The van der Waals surface area contributed by atoms with E-state index in [9.17, 15) is 0 Å². The highest BCUT2D eigenvalue weighted by atomic mass is 27.0. The number of para-hydroxylation sites is 2. The standard InChI is InChI=1S/C44H41O2.Al/c1-2-3-4-5-18-33-42(45-43-38(34-21-10-6-11-22-34)29-19-30-39(43)35-23-12-7-13-24-35)46-44-40(36-25-14-8-15-26-36)31-20-32-41(44)37-27-16-9-17-28-37;/h6-17,19-32H,2-5,18,33H2,1H3;. The molecule has 2 nitrogen and oxygen atoms in total. The Morgan fingerprint density at radius 2 is 0.723 bits per heavy atom. The zero-order valence-electron chi connectivity index (χ0n) is 27.1. The normalized spacial score (nSPS) is 11.3. The Morgan fingerprint density at radius 1 is 0.404 bits per heavy atom. The minimum atomic E-state index is -1.05. The number of hydrogen-bond acceptors (Lipinski definition) is 2. The Morgan fingerprint density at radius 3 is 1.04 bits per heavy atom. The second kappa shape index (κ2) is 15.8. The zero-order chi connectivity index (χ0) is 32.3. The predicted octanol–water partition coefficient (Wildman–Crippen LogP) is 12.0. The fourth-order valence-corrected chi connectivity index (χ4v) is 6.56. The first-order valence-corrected chi connectivity index (χ1v) is 17.4. The fraction of sp³-hybridized carbons (Fsp3) is 0.182. The van der Waals surface area contributed by atoms with Gasteiger partial charge >= 0.3 is 0 Å². The van der Waals surface area contributed by atoms with Crippen LogP contribution in [0.2, 0.25) is 0 Å². The van der Waals surface area contributed by atoms with Crippen molar-refractivity contribution in [1.82, 2.24) is 0 Å². The first-order chi connectivity index (χ1) is 23.1. The summed E-state index contributed by atoms with van der Waals surface area (Å²) in [5.74, 6) is 1.62. The monoisotopic (exact) mass is 628 g/mol.